The largest absolute Gasteiger partial charge is 0.390 e. The second-order valence-electron chi connectivity index (χ2n) is 4.18. The van der Waals surface area contributed by atoms with Crippen molar-refractivity contribution >= 4 is 17.4 Å². The highest BCUT2D eigenvalue weighted by atomic mass is 35.5. The summed E-state index contributed by atoms with van der Waals surface area (Å²) in [5.41, 5.74) is 0.851. The molecule has 0 atom stereocenters. The van der Waals surface area contributed by atoms with Gasteiger partial charge in [-0.1, -0.05) is 11.6 Å². The molecule has 0 aliphatic carbocycles. The highest BCUT2D eigenvalue weighted by Crippen LogP contribution is 2.13. The van der Waals surface area contributed by atoms with Gasteiger partial charge in [0.2, 0.25) is 0 Å². The minimum absolute atomic E-state index is 0.434. The molecule has 4 nitrogen and oxygen atoms in total. The van der Waals surface area contributed by atoms with E-state index in [2.05, 4.69) is 17.3 Å². The van der Waals surface area contributed by atoms with E-state index in [0.717, 1.165) is 38.3 Å². The van der Waals surface area contributed by atoms with Gasteiger partial charge in [0.15, 0.2) is 0 Å². The Balaban J connectivity index is 2.67. The zero-order chi connectivity index (χ0) is 12.1. The van der Waals surface area contributed by atoms with Gasteiger partial charge in [-0.15, -0.1) is 0 Å². The van der Waals surface area contributed by atoms with E-state index in [4.69, 9.17) is 17.0 Å². The Hall–Kier alpha value is -0.740. The van der Waals surface area contributed by atoms with Crippen LogP contribution in [0.15, 0.2) is 10.7 Å². The number of hydrogen-bond acceptors (Lipinski definition) is 3. The quantitative estimate of drug-likeness (QED) is 0.568. The number of nitrogens with zero attached hydrogens (tertiary/aromatic N) is 2. The average molecular weight is 245 g/mol. The molecule has 0 aromatic heterocycles. The van der Waals surface area contributed by atoms with Crippen molar-refractivity contribution in [1.29, 1.82) is 5.41 Å². The van der Waals surface area contributed by atoms with Crippen LogP contribution in [0.2, 0.25) is 0 Å². The number of halogens is 1. The fourth-order valence-electron chi connectivity index (χ4n) is 1.70. The van der Waals surface area contributed by atoms with Gasteiger partial charge in [0.1, 0.15) is 10.9 Å². The van der Waals surface area contributed by atoms with Gasteiger partial charge >= 0.3 is 0 Å². The van der Waals surface area contributed by atoms with Crippen molar-refractivity contribution in [2.75, 3.05) is 40.3 Å². The van der Waals surface area contributed by atoms with Crippen molar-refractivity contribution in [3.8, 4) is 0 Å². The molecule has 92 valence electrons. The van der Waals surface area contributed by atoms with Gasteiger partial charge in [0, 0.05) is 32.4 Å². The lowest BCUT2D eigenvalue weighted by Gasteiger charge is -2.23. The average Bonchev–Trinajstić information content (AvgIpc) is 2.51. The van der Waals surface area contributed by atoms with Crippen LogP contribution in [0.4, 0.5) is 0 Å². The van der Waals surface area contributed by atoms with Gasteiger partial charge < -0.3 is 15.1 Å². The van der Waals surface area contributed by atoms with Crippen LogP contribution in [0, 0.1) is 5.41 Å². The highest BCUT2D eigenvalue weighted by Gasteiger charge is 2.17. The Morgan fingerprint density at radius 1 is 1.25 bits per heavy atom. The summed E-state index contributed by atoms with van der Waals surface area (Å²) in [6, 6.07) is 0. The summed E-state index contributed by atoms with van der Waals surface area (Å²) in [6.07, 6.45) is 1.08. The molecule has 1 saturated heterocycles. The summed E-state index contributed by atoms with van der Waals surface area (Å²) in [7, 11) is 3.94. The summed E-state index contributed by atoms with van der Waals surface area (Å²) in [4.78, 5) is 4.34. The SMILES string of the molecule is CN/C(C)=C(/Cl)C(=N)N1CCCN(C)CC1. The number of nitrogens with one attached hydrogen (secondary N) is 2. The molecule has 0 unspecified atom stereocenters. The van der Waals surface area contributed by atoms with E-state index < -0.39 is 0 Å². The molecule has 2 N–H and O–H groups in total. The van der Waals surface area contributed by atoms with Gasteiger partial charge in [-0.25, -0.2) is 0 Å². The fraction of sp³-hybridized carbons (Fsp3) is 0.727. The first-order valence-corrected chi connectivity index (χ1v) is 6.00. The molecule has 0 saturated carbocycles. The first-order chi connectivity index (χ1) is 7.56. The molecule has 16 heavy (non-hydrogen) atoms. The van der Waals surface area contributed by atoms with Crippen molar-refractivity contribution in [2.45, 2.75) is 13.3 Å². The van der Waals surface area contributed by atoms with E-state index in [9.17, 15) is 0 Å². The lowest BCUT2D eigenvalue weighted by Crippen LogP contribution is -2.35. The molecule has 0 radical (unpaired) electrons. The third-order valence-corrected chi connectivity index (χ3v) is 3.41. The van der Waals surface area contributed by atoms with Crippen LogP contribution in [0.5, 0.6) is 0 Å². The lowest BCUT2D eigenvalue weighted by molar-refractivity contribution is 0.346. The molecule has 1 aliphatic heterocycles. The number of amidine groups is 1. The Morgan fingerprint density at radius 3 is 2.56 bits per heavy atom. The molecular formula is C11H21ClN4. The predicted molar refractivity (Wildman–Crippen MR) is 69.0 cm³/mol. The number of hydrogen-bond donors (Lipinski definition) is 2. The summed E-state index contributed by atoms with van der Waals surface area (Å²) in [5.74, 6) is 0.434. The van der Waals surface area contributed by atoms with Crippen molar-refractivity contribution < 1.29 is 0 Å². The maximum Gasteiger partial charge on any atom is 0.141 e. The fourth-order valence-corrected chi connectivity index (χ4v) is 1.91. The van der Waals surface area contributed by atoms with Crippen LogP contribution >= 0.6 is 11.6 Å². The van der Waals surface area contributed by atoms with Gasteiger partial charge in [-0.2, -0.15) is 0 Å². The van der Waals surface area contributed by atoms with Gasteiger partial charge in [0.25, 0.3) is 0 Å². The molecular weight excluding hydrogens is 224 g/mol. The molecule has 0 amide bonds. The minimum Gasteiger partial charge on any atom is -0.390 e. The summed E-state index contributed by atoms with van der Waals surface area (Å²) >= 11 is 6.14. The van der Waals surface area contributed by atoms with E-state index in [1.807, 2.05) is 18.9 Å². The van der Waals surface area contributed by atoms with Crippen LogP contribution in [-0.4, -0.2) is 55.9 Å². The van der Waals surface area contributed by atoms with Crippen LogP contribution in [0.1, 0.15) is 13.3 Å². The third-order valence-electron chi connectivity index (χ3n) is 2.95. The van der Waals surface area contributed by atoms with Gasteiger partial charge in [-0.3, -0.25) is 5.41 Å². The van der Waals surface area contributed by atoms with Crippen molar-refractivity contribution in [3.63, 3.8) is 0 Å². The Labute approximate surface area is 103 Å². The molecule has 1 fully saturated rings. The Kier molecular flexibility index (Phi) is 5.09. The maximum atomic E-state index is 8.06. The highest BCUT2D eigenvalue weighted by molar-refractivity contribution is 6.42. The second kappa shape index (κ2) is 6.11. The minimum atomic E-state index is 0.434. The predicted octanol–water partition coefficient (Wildman–Crippen LogP) is 1.29. The second-order valence-corrected chi connectivity index (χ2v) is 4.56. The molecule has 1 rings (SSSR count). The molecule has 0 spiro atoms. The number of likely N-dealkylation sites (N-methyl/N-ethyl adjacent to an activating group) is 1. The lowest BCUT2D eigenvalue weighted by atomic mass is 10.3. The molecule has 0 bridgehead atoms. The molecule has 5 heteroatoms. The standard InChI is InChI=1S/C11H21ClN4/c1-9(14-2)10(12)11(13)16-6-4-5-15(3)7-8-16/h13-14H,4-8H2,1-3H3/b10-9+,13-11?. The van der Waals surface area contributed by atoms with Gasteiger partial charge in [-0.05, 0) is 26.9 Å². The normalized spacial score (nSPS) is 20.1. The number of allylic oxidation sites excluding steroid dienone is 1. The summed E-state index contributed by atoms with van der Waals surface area (Å²) in [6.45, 7) is 5.76. The summed E-state index contributed by atoms with van der Waals surface area (Å²) < 4.78 is 0. The molecule has 0 aromatic carbocycles. The van der Waals surface area contributed by atoms with Crippen LogP contribution in [0.3, 0.4) is 0 Å². The molecule has 1 aliphatic rings. The Bertz CT molecular complexity index is 288. The van der Waals surface area contributed by atoms with Crippen molar-refractivity contribution in [2.24, 2.45) is 0 Å². The van der Waals surface area contributed by atoms with Crippen LogP contribution < -0.4 is 5.32 Å². The van der Waals surface area contributed by atoms with Crippen LogP contribution in [0.25, 0.3) is 0 Å². The van der Waals surface area contributed by atoms with E-state index in [1.165, 1.54) is 0 Å². The monoisotopic (exact) mass is 244 g/mol. The van der Waals surface area contributed by atoms with E-state index in [-0.39, 0.29) is 0 Å². The van der Waals surface area contributed by atoms with Gasteiger partial charge in [0.05, 0.1) is 0 Å². The van der Waals surface area contributed by atoms with Crippen LogP contribution in [-0.2, 0) is 0 Å². The number of rotatable bonds is 2. The van der Waals surface area contributed by atoms with E-state index >= 15 is 0 Å². The first-order valence-electron chi connectivity index (χ1n) is 5.62. The molecule has 0 aromatic rings. The third kappa shape index (κ3) is 3.39. The summed E-state index contributed by atoms with van der Waals surface area (Å²) in [5, 5.41) is 11.6. The zero-order valence-electron chi connectivity index (χ0n) is 10.3. The molecule has 1 heterocycles. The van der Waals surface area contributed by atoms with Crippen molar-refractivity contribution in [1.82, 2.24) is 15.1 Å². The smallest absolute Gasteiger partial charge is 0.141 e. The van der Waals surface area contributed by atoms with E-state index in [0.29, 0.717) is 10.9 Å². The first kappa shape index (κ1) is 13.3. The maximum absolute atomic E-state index is 8.06. The van der Waals surface area contributed by atoms with E-state index in [1.54, 1.807) is 0 Å². The Morgan fingerprint density at radius 2 is 1.94 bits per heavy atom. The van der Waals surface area contributed by atoms with Crippen molar-refractivity contribution in [3.05, 3.63) is 10.7 Å². The zero-order valence-corrected chi connectivity index (χ0v) is 11.1. The topological polar surface area (TPSA) is 42.4 Å².